The number of aromatic nitrogens is 1. The molecular weight excluding hydrogens is 318 g/mol. The highest BCUT2D eigenvalue weighted by molar-refractivity contribution is 7.88. The minimum atomic E-state index is -3.12. The van der Waals surface area contributed by atoms with Crippen LogP contribution in [0.15, 0.2) is 35.7 Å². The van der Waals surface area contributed by atoms with Gasteiger partial charge in [-0.05, 0) is 6.92 Å². The molecule has 0 saturated carbocycles. The van der Waals surface area contributed by atoms with Crippen molar-refractivity contribution in [3.8, 4) is 11.3 Å². The van der Waals surface area contributed by atoms with Crippen molar-refractivity contribution in [1.29, 1.82) is 0 Å². The standard InChI is InChI=1S/C15H21N3O2S2/c1-12(16-9-10-18(2)22(3,19)20)15-17-14(11-21-15)13-7-5-4-6-8-13/h4-8,11-12,16H,9-10H2,1-3H3/t12-/m1/s1. The summed E-state index contributed by atoms with van der Waals surface area (Å²) < 4.78 is 24.0. The zero-order chi connectivity index (χ0) is 16.2. The highest BCUT2D eigenvalue weighted by atomic mass is 32.2. The molecule has 0 unspecified atom stereocenters. The number of benzene rings is 1. The predicted octanol–water partition coefficient (Wildman–Crippen LogP) is 2.35. The van der Waals surface area contributed by atoms with Crippen LogP contribution in [0.3, 0.4) is 0 Å². The molecule has 120 valence electrons. The van der Waals surface area contributed by atoms with Gasteiger partial charge in [0.25, 0.3) is 0 Å². The zero-order valence-electron chi connectivity index (χ0n) is 13.0. The third-order valence-corrected chi connectivity index (χ3v) is 5.75. The SMILES string of the molecule is C[C@@H](NCCN(C)S(C)(=O)=O)c1nc(-c2ccccc2)cs1. The normalized spacial score (nSPS) is 13.5. The Morgan fingerprint density at radius 1 is 1.32 bits per heavy atom. The van der Waals surface area contributed by atoms with Gasteiger partial charge in [0.2, 0.25) is 10.0 Å². The lowest BCUT2D eigenvalue weighted by molar-refractivity contribution is 0.448. The lowest BCUT2D eigenvalue weighted by Crippen LogP contribution is -2.34. The van der Waals surface area contributed by atoms with Crippen molar-refractivity contribution in [3.63, 3.8) is 0 Å². The molecule has 1 N–H and O–H groups in total. The van der Waals surface area contributed by atoms with E-state index in [1.54, 1.807) is 18.4 Å². The van der Waals surface area contributed by atoms with Crippen molar-refractivity contribution >= 4 is 21.4 Å². The summed E-state index contributed by atoms with van der Waals surface area (Å²) in [5.74, 6) is 0. The van der Waals surface area contributed by atoms with Gasteiger partial charge in [-0.1, -0.05) is 30.3 Å². The highest BCUT2D eigenvalue weighted by Gasteiger charge is 2.13. The van der Waals surface area contributed by atoms with Crippen molar-refractivity contribution in [2.45, 2.75) is 13.0 Å². The monoisotopic (exact) mass is 339 g/mol. The molecular formula is C15H21N3O2S2. The van der Waals surface area contributed by atoms with E-state index in [4.69, 9.17) is 0 Å². The Labute approximate surface area is 136 Å². The summed E-state index contributed by atoms with van der Waals surface area (Å²) in [6.45, 7) is 3.07. The molecule has 5 nitrogen and oxygen atoms in total. The first-order chi connectivity index (χ1) is 10.4. The number of hydrogen-bond donors (Lipinski definition) is 1. The van der Waals surface area contributed by atoms with Crippen LogP contribution in [0, 0.1) is 0 Å². The first-order valence-corrected chi connectivity index (χ1v) is 9.76. The van der Waals surface area contributed by atoms with Crippen LogP contribution in [0.25, 0.3) is 11.3 Å². The van der Waals surface area contributed by atoms with Gasteiger partial charge in [-0.25, -0.2) is 17.7 Å². The second-order valence-corrected chi connectivity index (χ2v) is 8.18. The Kier molecular flexibility index (Phi) is 5.69. The molecule has 1 aromatic heterocycles. The number of rotatable bonds is 7. The fourth-order valence-electron chi connectivity index (χ4n) is 1.92. The quantitative estimate of drug-likeness (QED) is 0.841. The number of likely N-dealkylation sites (N-methyl/N-ethyl adjacent to an activating group) is 1. The summed E-state index contributed by atoms with van der Waals surface area (Å²) in [5, 5.41) is 6.36. The van der Waals surface area contributed by atoms with Crippen LogP contribution < -0.4 is 5.32 Å². The van der Waals surface area contributed by atoms with E-state index in [1.165, 1.54) is 10.6 Å². The summed E-state index contributed by atoms with van der Waals surface area (Å²) in [5.41, 5.74) is 2.08. The van der Waals surface area contributed by atoms with Crippen molar-refractivity contribution in [2.24, 2.45) is 0 Å². The zero-order valence-corrected chi connectivity index (χ0v) is 14.6. The van der Waals surface area contributed by atoms with Gasteiger partial charge in [0.1, 0.15) is 5.01 Å². The number of thiazole rings is 1. The summed E-state index contributed by atoms with van der Waals surface area (Å²) in [6.07, 6.45) is 1.21. The van der Waals surface area contributed by atoms with Gasteiger partial charge in [0, 0.05) is 31.1 Å². The van der Waals surface area contributed by atoms with Crippen LogP contribution in [0.2, 0.25) is 0 Å². The summed E-state index contributed by atoms with van der Waals surface area (Å²) in [4.78, 5) is 4.65. The first kappa shape index (κ1) is 17.1. The number of nitrogens with zero attached hydrogens (tertiary/aromatic N) is 2. The van der Waals surface area contributed by atoms with E-state index in [9.17, 15) is 8.42 Å². The third kappa shape index (κ3) is 4.61. The lowest BCUT2D eigenvalue weighted by atomic mass is 10.2. The van der Waals surface area contributed by atoms with Crippen molar-refractivity contribution in [1.82, 2.24) is 14.6 Å². The maximum atomic E-state index is 11.3. The molecule has 0 radical (unpaired) electrons. The van der Waals surface area contributed by atoms with Gasteiger partial charge in [0.15, 0.2) is 0 Å². The summed E-state index contributed by atoms with van der Waals surface area (Å²) in [6, 6.07) is 10.2. The molecule has 0 spiro atoms. The molecule has 0 aliphatic carbocycles. The third-order valence-electron chi connectivity index (χ3n) is 3.41. The van der Waals surface area contributed by atoms with E-state index in [2.05, 4.69) is 10.3 Å². The van der Waals surface area contributed by atoms with Gasteiger partial charge in [0.05, 0.1) is 18.0 Å². The Bertz CT molecular complexity index is 699. The molecule has 0 amide bonds. The fourth-order valence-corrected chi connectivity index (χ4v) is 3.20. The average molecular weight is 339 g/mol. The van der Waals surface area contributed by atoms with Crippen LogP contribution in [0.1, 0.15) is 18.0 Å². The van der Waals surface area contributed by atoms with Crippen molar-refractivity contribution in [3.05, 3.63) is 40.7 Å². The van der Waals surface area contributed by atoms with Crippen LogP contribution >= 0.6 is 11.3 Å². The van der Waals surface area contributed by atoms with Crippen LogP contribution in [-0.2, 0) is 10.0 Å². The second-order valence-electron chi connectivity index (χ2n) is 5.20. The minimum absolute atomic E-state index is 0.0930. The number of nitrogens with one attached hydrogen (secondary N) is 1. The maximum Gasteiger partial charge on any atom is 0.210 e. The minimum Gasteiger partial charge on any atom is -0.307 e. The van der Waals surface area contributed by atoms with Gasteiger partial charge in [-0.15, -0.1) is 11.3 Å². The second kappa shape index (κ2) is 7.32. The number of sulfonamides is 1. The van der Waals surface area contributed by atoms with Crippen LogP contribution in [0.5, 0.6) is 0 Å². The Hall–Kier alpha value is -1.28. The average Bonchev–Trinajstić information content (AvgIpc) is 2.97. The summed E-state index contributed by atoms with van der Waals surface area (Å²) >= 11 is 1.61. The molecule has 0 saturated heterocycles. The molecule has 1 atom stereocenters. The molecule has 0 fully saturated rings. The molecule has 0 bridgehead atoms. The van der Waals surface area contributed by atoms with Crippen molar-refractivity contribution < 1.29 is 8.42 Å². The lowest BCUT2D eigenvalue weighted by Gasteiger charge is -2.16. The van der Waals surface area contributed by atoms with Gasteiger partial charge in [-0.2, -0.15) is 0 Å². The molecule has 7 heteroatoms. The van der Waals surface area contributed by atoms with Crippen molar-refractivity contribution in [2.75, 3.05) is 26.4 Å². The fraction of sp³-hybridized carbons (Fsp3) is 0.400. The molecule has 1 heterocycles. The van der Waals surface area contributed by atoms with Gasteiger partial charge >= 0.3 is 0 Å². The summed E-state index contributed by atoms with van der Waals surface area (Å²) in [7, 11) is -1.54. The largest absolute Gasteiger partial charge is 0.307 e. The van der Waals surface area contributed by atoms with Gasteiger partial charge < -0.3 is 5.32 Å². The molecule has 1 aromatic carbocycles. The van der Waals surface area contributed by atoms with E-state index in [0.717, 1.165) is 16.3 Å². The molecule has 2 aromatic rings. The molecule has 22 heavy (non-hydrogen) atoms. The topological polar surface area (TPSA) is 62.3 Å². The van der Waals surface area contributed by atoms with Crippen LogP contribution in [0.4, 0.5) is 0 Å². The van der Waals surface area contributed by atoms with E-state index < -0.39 is 10.0 Å². The van der Waals surface area contributed by atoms with E-state index >= 15 is 0 Å². The van der Waals surface area contributed by atoms with E-state index in [-0.39, 0.29) is 6.04 Å². The molecule has 0 aliphatic rings. The maximum absolute atomic E-state index is 11.3. The van der Waals surface area contributed by atoms with E-state index in [0.29, 0.717) is 13.1 Å². The highest BCUT2D eigenvalue weighted by Crippen LogP contribution is 2.25. The Morgan fingerprint density at radius 2 is 2.00 bits per heavy atom. The molecule has 0 aliphatic heterocycles. The predicted molar refractivity (Wildman–Crippen MR) is 91.4 cm³/mol. The van der Waals surface area contributed by atoms with Gasteiger partial charge in [-0.3, -0.25) is 0 Å². The Morgan fingerprint density at radius 3 is 2.64 bits per heavy atom. The Balaban J connectivity index is 1.91. The van der Waals surface area contributed by atoms with E-state index in [1.807, 2.05) is 42.6 Å². The first-order valence-electron chi connectivity index (χ1n) is 7.03. The smallest absolute Gasteiger partial charge is 0.210 e. The van der Waals surface area contributed by atoms with Crippen LogP contribution in [-0.4, -0.2) is 44.1 Å². The number of hydrogen-bond acceptors (Lipinski definition) is 5. The molecule has 2 rings (SSSR count).